The van der Waals surface area contributed by atoms with Crippen LogP contribution in [0.4, 0.5) is 18.9 Å². The SMILES string of the molecule is O=C(NCC1CCC(n2cc3ccc(N4CCN(C5CCC6(CCNCC6)C5)CC4)cc3n2)CC1)c1cc(F)c(O)c(F)c1F. The number of phenols is 1. The fraction of sp³-hybridized carbons (Fsp3) is 0.588. The molecule has 7 rings (SSSR count). The van der Waals surface area contributed by atoms with Gasteiger partial charge in [0.15, 0.2) is 17.4 Å². The van der Waals surface area contributed by atoms with Gasteiger partial charge in [-0.3, -0.25) is 14.4 Å². The summed E-state index contributed by atoms with van der Waals surface area (Å²) in [7, 11) is 0. The van der Waals surface area contributed by atoms with Crippen LogP contribution in [0.1, 0.15) is 74.2 Å². The van der Waals surface area contributed by atoms with E-state index in [4.69, 9.17) is 5.10 Å². The molecule has 242 valence electrons. The van der Waals surface area contributed by atoms with Crippen LogP contribution in [0.3, 0.4) is 0 Å². The Morgan fingerprint density at radius 1 is 0.956 bits per heavy atom. The molecule has 2 saturated carbocycles. The van der Waals surface area contributed by atoms with E-state index in [-0.39, 0.29) is 18.5 Å². The fourth-order valence-corrected chi connectivity index (χ4v) is 8.35. The topological polar surface area (TPSA) is 85.7 Å². The molecule has 0 bridgehead atoms. The number of hydrogen-bond acceptors (Lipinski definition) is 6. The lowest BCUT2D eigenvalue weighted by molar-refractivity contribution is 0.0935. The summed E-state index contributed by atoms with van der Waals surface area (Å²) in [6.07, 6.45) is 12.4. The number of piperidine rings is 1. The lowest BCUT2D eigenvalue weighted by Crippen LogP contribution is -2.50. The molecule has 2 saturated heterocycles. The number of carbonyl (C=O) groups is 1. The Balaban J connectivity index is 0.903. The van der Waals surface area contributed by atoms with E-state index in [2.05, 4.69) is 49.5 Å². The number of amides is 1. The number of nitrogens with zero attached hydrogens (tertiary/aromatic N) is 4. The zero-order valence-corrected chi connectivity index (χ0v) is 25.7. The first-order chi connectivity index (χ1) is 21.8. The second-order valence-electron chi connectivity index (χ2n) is 13.8. The summed E-state index contributed by atoms with van der Waals surface area (Å²) in [4.78, 5) is 17.6. The summed E-state index contributed by atoms with van der Waals surface area (Å²) in [5.74, 6) is -6.83. The standard InChI is InChI=1S/C34H43F3N6O2/c35-28-18-27(30(36)31(37)32(28)44)33(45)39-20-22-1-4-24(5-2-22)43-21-23-3-6-25(17-29(23)40-43)41-13-15-42(16-14-41)26-7-8-34(19-26)9-11-38-12-10-34/h3,6,17-18,21-22,24,26,38,44H,1-2,4-5,7-16,19-20H2,(H,39,45). The van der Waals surface area contributed by atoms with Crippen molar-refractivity contribution in [1.82, 2.24) is 25.3 Å². The van der Waals surface area contributed by atoms with Crippen molar-refractivity contribution in [3.05, 3.63) is 53.5 Å². The first-order valence-corrected chi connectivity index (χ1v) is 16.6. The number of carbonyl (C=O) groups excluding carboxylic acids is 1. The van der Waals surface area contributed by atoms with Crippen molar-refractivity contribution in [2.45, 2.75) is 69.9 Å². The average Bonchev–Trinajstić information content (AvgIpc) is 3.69. The molecule has 3 aromatic rings. The molecule has 45 heavy (non-hydrogen) atoms. The third-order valence-electron chi connectivity index (χ3n) is 11.2. The van der Waals surface area contributed by atoms with Crippen molar-refractivity contribution in [3.63, 3.8) is 0 Å². The number of halogens is 3. The highest BCUT2D eigenvalue weighted by atomic mass is 19.2. The molecule has 1 unspecified atom stereocenters. The maximum atomic E-state index is 14.1. The Labute approximate surface area is 261 Å². The highest BCUT2D eigenvalue weighted by Gasteiger charge is 2.42. The van der Waals surface area contributed by atoms with Crippen LogP contribution in [-0.2, 0) is 0 Å². The van der Waals surface area contributed by atoms with Crippen molar-refractivity contribution in [1.29, 1.82) is 0 Å². The van der Waals surface area contributed by atoms with Gasteiger partial charge >= 0.3 is 0 Å². The quantitative estimate of drug-likeness (QED) is 0.320. The minimum absolute atomic E-state index is 0.171. The summed E-state index contributed by atoms with van der Waals surface area (Å²) in [5, 5.41) is 21.4. The molecule has 2 aliphatic carbocycles. The summed E-state index contributed by atoms with van der Waals surface area (Å²) < 4.78 is 43.5. The van der Waals surface area contributed by atoms with E-state index in [9.17, 15) is 23.1 Å². The van der Waals surface area contributed by atoms with Crippen molar-refractivity contribution in [2.75, 3.05) is 50.7 Å². The number of phenolic OH excluding ortho intramolecular Hbond substituents is 1. The van der Waals surface area contributed by atoms with Gasteiger partial charge < -0.3 is 20.6 Å². The molecule has 1 spiro atoms. The zero-order chi connectivity index (χ0) is 31.1. The van der Waals surface area contributed by atoms with Crippen LogP contribution >= 0.6 is 0 Å². The Morgan fingerprint density at radius 3 is 2.47 bits per heavy atom. The first kappa shape index (κ1) is 30.3. The highest BCUT2D eigenvalue weighted by molar-refractivity contribution is 5.94. The molecule has 1 aromatic heterocycles. The summed E-state index contributed by atoms with van der Waals surface area (Å²) in [6, 6.07) is 8.13. The lowest BCUT2D eigenvalue weighted by Gasteiger charge is -2.40. The molecule has 8 nitrogen and oxygen atoms in total. The molecule has 1 amide bonds. The molecule has 0 radical (unpaired) electrons. The van der Waals surface area contributed by atoms with Gasteiger partial charge in [0, 0.05) is 56.0 Å². The van der Waals surface area contributed by atoms with E-state index in [1.54, 1.807) is 0 Å². The number of nitrogens with one attached hydrogen (secondary N) is 2. The number of aromatic hydroxyl groups is 1. The van der Waals surface area contributed by atoms with Crippen molar-refractivity contribution >= 4 is 22.5 Å². The summed E-state index contributed by atoms with van der Waals surface area (Å²) >= 11 is 0. The molecule has 2 aliphatic heterocycles. The molecule has 4 aliphatic rings. The number of rotatable bonds is 6. The van der Waals surface area contributed by atoms with Crippen LogP contribution in [0.25, 0.3) is 10.9 Å². The Bertz CT molecular complexity index is 1540. The number of hydrogen-bond donors (Lipinski definition) is 3. The van der Waals surface area contributed by atoms with E-state index >= 15 is 0 Å². The minimum Gasteiger partial charge on any atom is -0.503 e. The van der Waals surface area contributed by atoms with Crippen LogP contribution in [0.2, 0.25) is 0 Å². The van der Waals surface area contributed by atoms with Crippen molar-refractivity contribution in [2.24, 2.45) is 11.3 Å². The highest BCUT2D eigenvalue weighted by Crippen LogP contribution is 2.46. The van der Waals surface area contributed by atoms with Crippen LogP contribution in [0, 0.1) is 28.8 Å². The van der Waals surface area contributed by atoms with Gasteiger partial charge in [-0.1, -0.05) is 0 Å². The molecule has 2 aromatic carbocycles. The Morgan fingerprint density at radius 2 is 1.71 bits per heavy atom. The van der Waals surface area contributed by atoms with Gasteiger partial charge in [-0.2, -0.15) is 9.49 Å². The van der Waals surface area contributed by atoms with Crippen molar-refractivity contribution < 1.29 is 23.1 Å². The van der Waals surface area contributed by atoms with Gasteiger partial charge in [-0.15, -0.1) is 0 Å². The van der Waals surface area contributed by atoms with E-state index in [0.29, 0.717) is 11.5 Å². The van der Waals surface area contributed by atoms with Gasteiger partial charge in [0.05, 0.1) is 17.1 Å². The van der Waals surface area contributed by atoms with E-state index in [0.717, 1.165) is 68.8 Å². The fourth-order valence-electron chi connectivity index (χ4n) is 8.35. The van der Waals surface area contributed by atoms with Gasteiger partial charge in [-0.25, -0.2) is 8.78 Å². The average molecular weight is 625 g/mol. The minimum atomic E-state index is -1.76. The van der Waals surface area contributed by atoms with Crippen LogP contribution in [0.15, 0.2) is 30.5 Å². The molecule has 3 heterocycles. The third-order valence-corrected chi connectivity index (χ3v) is 11.2. The van der Waals surface area contributed by atoms with Crippen molar-refractivity contribution in [3.8, 4) is 5.75 Å². The Kier molecular flexibility index (Phi) is 8.41. The van der Waals surface area contributed by atoms with Crippen LogP contribution in [0.5, 0.6) is 5.75 Å². The predicted octanol–water partition coefficient (Wildman–Crippen LogP) is 5.36. The molecule has 3 N–H and O–H groups in total. The zero-order valence-electron chi connectivity index (χ0n) is 25.7. The van der Waals surface area contributed by atoms with Crippen LogP contribution < -0.4 is 15.5 Å². The number of fused-ring (bicyclic) bond motifs is 1. The van der Waals surface area contributed by atoms with Gasteiger partial charge in [-0.05, 0) is 106 Å². The van der Waals surface area contributed by atoms with E-state index < -0.39 is 34.7 Å². The van der Waals surface area contributed by atoms with Crippen LogP contribution in [-0.4, -0.2) is 77.5 Å². The molecule has 11 heteroatoms. The number of anilines is 1. The summed E-state index contributed by atoms with van der Waals surface area (Å²) in [6.45, 7) is 6.97. The maximum absolute atomic E-state index is 14.1. The molecular formula is C34H43F3N6O2. The Hall–Kier alpha value is -3.31. The lowest BCUT2D eigenvalue weighted by atomic mass is 9.77. The maximum Gasteiger partial charge on any atom is 0.254 e. The monoisotopic (exact) mass is 624 g/mol. The predicted molar refractivity (Wildman–Crippen MR) is 167 cm³/mol. The largest absolute Gasteiger partial charge is 0.503 e. The first-order valence-electron chi connectivity index (χ1n) is 16.6. The normalized spacial score (nSPS) is 25.7. The summed E-state index contributed by atoms with van der Waals surface area (Å²) in [5.41, 5.74) is 2.08. The second kappa shape index (κ2) is 12.5. The number of aromatic nitrogens is 2. The third kappa shape index (κ3) is 6.13. The second-order valence-corrected chi connectivity index (χ2v) is 13.8. The van der Waals surface area contributed by atoms with Gasteiger partial charge in [0.2, 0.25) is 5.82 Å². The van der Waals surface area contributed by atoms with E-state index in [1.165, 1.54) is 50.9 Å². The number of piperazine rings is 1. The van der Waals surface area contributed by atoms with Gasteiger partial charge in [0.25, 0.3) is 5.91 Å². The smallest absolute Gasteiger partial charge is 0.254 e. The molecular weight excluding hydrogens is 581 g/mol. The number of benzene rings is 2. The van der Waals surface area contributed by atoms with Gasteiger partial charge in [0.1, 0.15) is 0 Å². The molecule has 1 atom stereocenters. The molecule has 4 fully saturated rings. The van der Waals surface area contributed by atoms with E-state index in [1.807, 2.05) is 0 Å².